The van der Waals surface area contributed by atoms with Gasteiger partial charge in [0.25, 0.3) is 0 Å². The summed E-state index contributed by atoms with van der Waals surface area (Å²) in [5.74, 6) is 1.66. The average Bonchev–Trinajstić information content (AvgIpc) is 3.19. The number of hydrogen-bond acceptors (Lipinski definition) is 7. The van der Waals surface area contributed by atoms with Gasteiger partial charge in [-0.1, -0.05) is 5.16 Å². The summed E-state index contributed by atoms with van der Waals surface area (Å²) in [5, 5.41) is 6.80. The van der Waals surface area contributed by atoms with E-state index >= 15 is 0 Å². The molecule has 1 aromatic heterocycles. The molecular weight excluding hydrogens is 370 g/mol. The summed E-state index contributed by atoms with van der Waals surface area (Å²) in [5.41, 5.74) is 0.154. The van der Waals surface area contributed by atoms with Crippen LogP contribution in [0.25, 0.3) is 11.4 Å². The first-order valence-corrected chi connectivity index (χ1v) is 10.6. The molecule has 0 unspecified atom stereocenters. The number of hydrogen-bond donors (Lipinski definition) is 1. The van der Waals surface area contributed by atoms with Gasteiger partial charge in [-0.25, -0.2) is 8.42 Å². The Bertz CT molecular complexity index is 907. The predicted molar refractivity (Wildman–Crippen MR) is 99.0 cm³/mol. The molecule has 1 amide bonds. The van der Waals surface area contributed by atoms with Crippen molar-refractivity contribution in [3.63, 3.8) is 0 Å². The number of aromatic nitrogens is 2. The van der Waals surface area contributed by atoms with Crippen molar-refractivity contribution in [2.24, 2.45) is 0 Å². The molecular formula is C18H23N3O5S. The summed E-state index contributed by atoms with van der Waals surface area (Å²) in [6.45, 7) is 1.77. The molecule has 1 aliphatic heterocycles. The Hall–Kier alpha value is -2.42. The minimum Gasteiger partial charge on any atom is -0.497 e. The molecule has 8 nitrogen and oxygen atoms in total. The Morgan fingerprint density at radius 3 is 2.70 bits per heavy atom. The Morgan fingerprint density at radius 2 is 2.07 bits per heavy atom. The number of aryl methyl sites for hydroxylation is 1. The maximum atomic E-state index is 12.1. The second-order valence-electron chi connectivity index (χ2n) is 7.04. The smallest absolute Gasteiger partial charge is 0.226 e. The van der Waals surface area contributed by atoms with E-state index < -0.39 is 15.4 Å². The monoisotopic (exact) mass is 393 g/mol. The predicted octanol–water partition coefficient (Wildman–Crippen LogP) is 1.76. The molecule has 0 radical (unpaired) electrons. The Balaban J connectivity index is 1.48. The summed E-state index contributed by atoms with van der Waals surface area (Å²) in [6, 6.07) is 7.33. The first kappa shape index (κ1) is 19.3. The van der Waals surface area contributed by atoms with E-state index in [2.05, 4.69) is 15.5 Å². The first-order chi connectivity index (χ1) is 12.8. The van der Waals surface area contributed by atoms with Crippen LogP contribution in [0.1, 0.15) is 32.1 Å². The number of carbonyl (C=O) groups is 1. The molecule has 1 N–H and O–H groups in total. The van der Waals surface area contributed by atoms with Crippen LogP contribution >= 0.6 is 0 Å². The van der Waals surface area contributed by atoms with Gasteiger partial charge in [-0.15, -0.1) is 0 Å². The van der Waals surface area contributed by atoms with E-state index in [0.717, 1.165) is 11.3 Å². The van der Waals surface area contributed by atoms with Gasteiger partial charge < -0.3 is 14.6 Å². The largest absolute Gasteiger partial charge is 0.497 e. The number of methoxy groups -OCH3 is 1. The summed E-state index contributed by atoms with van der Waals surface area (Å²) >= 11 is 0. The molecule has 0 saturated carbocycles. The summed E-state index contributed by atoms with van der Waals surface area (Å²) in [6.07, 6.45) is 1.75. The fourth-order valence-electron chi connectivity index (χ4n) is 3.12. The van der Waals surface area contributed by atoms with E-state index in [1.807, 2.05) is 24.3 Å². The number of nitrogens with one attached hydrogen (secondary N) is 1. The summed E-state index contributed by atoms with van der Waals surface area (Å²) in [4.78, 5) is 16.4. The lowest BCUT2D eigenvalue weighted by Gasteiger charge is -2.23. The van der Waals surface area contributed by atoms with Gasteiger partial charge in [0.1, 0.15) is 5.75 Å². The number of benzene rings is 1. The second-order valence-corrected chi connectivity index (χ2v) is 9.23. The molecule has 0 spiro atoms. The van der Waals surface area contributed by atoms with Gasteiger partial charge in [0.2, 0.25) is 17.6 Å². The number of carbonyl (C=O) groups excluding carboxylic acids is 1. The van der Waals surface area contributed by atoms with Gasteiger partial charge in [0.05, 0.1) is 24.2 Å². The number of rotatable bonds is 7. The molecule has 1 aromatic carbocycles. The molecule has 1 fully saturated rings. The van der Waals surface area contributed by atoms with Gasteiger partial charge in [-0.05, 0) is 44.0 Å². The highest BCUT2D eigenvalue weighted by Crippen LogP contribution is 2.23. The molecule has 1 atom stereocenters. The van der Waals surface area contributed by atoms with Crippen molar-refractivity contribution in [2.75, 3.05) is 18.6 Å². The van der Waals surface area contributed by atoms with Crippen LogP contribution < -0.4 is 10.1 Å². The Kier molecular flexibility index (Phi) is 5.50. The molecule has 9 heteroatoms. The zero-order valence-corrected chi connectivity index (χ0v) is 16.2. The van der Waals surface area contributed by atoms with E-state index in [9.17, 15) is 13.2 Å². The number of nitrogens with zero attached hydrogens (tertiary/aromatic N) is 2. The van der Waals surface area contributed by atoms with Crippen molar-refractivity contribution in [3.8, 4) is 17.1 Å². The Morgan fingerprint density at radius 1 is 1.33 bits per heavy atom. The van der Waals surface area contributed by atoms with Crippen LogP contribution in [0, 0.1) is 0 Å². The topological polar surface area (TPSA) is 111 Å². The van der Waals surface area contributed by atoms with Crippen molar-refractivity contribution in [3.05, 3.63) is 30.2 Å². The molecule has 27 heavy (non-hydrogen) atoms. The van der Waals surface area contributed by atoms with Gasteiger partial charge in [-0.3, -0.25) is 4.79 Å². The van der Waals surface area contributed by atoms with Crippen LogP contribution in [-0.4, -0.2) is 48.6 Å². The molecule has 3 rings (SSSR count). The fourth-order valence-corrected chi connectivity index (χ4v) is 5.22. The molecule has 0 aliphatic carbocycles. The summed E-state index contributed by atoms with van der Waals surface area (Å²) in [7, 11) is -1.45. The van der Waals surface area contributed by atoms with E-state index in [-0.39, 0.29) is 23.8 Å². The van der Waals surface area contributed by atoms with Crippen LogP contribution in [-0.2, 0) is 21.1 Å². The third-order valence-electron chi connectivity index (χ3n) is 4.56. The van der Waals surface area contributed by atoms with Crippen molar-refractivity contribution < 1.29 is 22.5 Å². The normalized spacial score (nSPS) is 21.1. The third-order valence-corrected chi connectivity index (χ3v) is 6.46. The SMILES string of the molecule is COc1ccc(-c2noc(CCCC(=O)N[C@]3(C)CCS(=O)(=O)C3)n2)cc1. The zero-order chi connectivity index (χ0) is 19.5. The van der Waals surface area contributed by atoms with Crippen LogP contribution in [0.15, 0.2) is 28.8 Å². The Labute approximate surface area is 158 Å². The van der Waals surface area contributed by atoms with Crippen LogP contribution in [0.4, 0.5) is 0 Å². The average molecular weight is 393 g/mol. The van der Waals surface area contributed by atoms with Crippen molar-refractivity contribution in [2.45, 2.75) is 38.1 Å². The van der Waals surface area contributed by atoms with Gasteiger partial charge >= 0.3 is 0 Å². The molecule has 1 saturated heterocycles. The first-order valence-electron chi connectivity index (χ1n) is 8.77. The summed E-state index contributed by atoms with van der Waals surface area (Å²) < 4.78 is 33.5. The lowest BCUT2D eigenvalue weighted by Crippen LogP contribution is -2.46. The quantitative estimate of drug-likeness (QED) is 0.763. The molecule has 146 valence electrons. The van der Waals surface area contributed by atoms with Crippen molar-refractivity contribution in [1.82, 2.24) is 15.5 Å². The maximum absolute atomic E-state index is 12.1. The van der Waals surface area contributed by atoms with Gasteiger partial charge in [0, 0.05) is 18.4 Å². The minimum atomic E-state index is -3.05. The molecule has 1 aliphatic rings. The number of amides is 1. The minimum absolute atomic E-state index is 0.000616. The molecule has 2 aromatic rings. The maximum Gasteiger partial charge on any atom is 0.226 e. The lowest BCUT2D eigenvalue weighted by atomic mass is 10.0. The highest BCUT2D eigenvalue weighted by atomic mass is 32.2. The van der Waals surface area contributed by atoms with Crippen LogP contribution in [0.3, 0.4) is 0 Å². The third kappa shape index (κ3) is 5.06. The van der Waals surface area contributed by atoms with Crippen molar-refractivity contribution in [1.29, 1.82) is 0 Å². The highest BCUT2D eigenvalue weighted by molar-refractivity contribution is 7.91. The molecule has 2 heterocycles. The number of sulfone groups is 1. The van der Waals surface area contributed by atoms with Crippen LogP contribution in [0.5, 0.6) is 5.75 Å². The second kappa shape index (κ2) is 7.67. The zero-order valence-electron chi connectivity index (χ0n) is 15.4. The fraction of sp³-hybridized carbons (Fsp3) is 0.500. The van der Waals surface area contributed by atoms with E-state index in [1.54, 1.807) is 14.0 Å². The standard InChI is InChI=1S/C18H23N3O5S/c1-18(10-11-27(23,24)12-18)20-15(22)4-3-5-16-19-17(21-26-16)13-6-8-14(25-2)9-7-13/h6-9H,3-5,10-12H2,1-2H3,(H,20,22)/t18-/m1/s1. The highest BCUT2D eigenvalue weighted by Gasteiger charge is 2.39. The molecule has 0 bridgehead atoms. The van der Waals surface area contributed by atoms with E-state index in [4.69, 9.17) is 9.26 Å². The van der Waals surface area contributed by atoms with E-state index in [0.29, 0.717) is 31.0 Å². The van der Waals surface area contributed by atoms with Crippen LogP contribution in [0.2, 0.25) is 0 Å². The van der Waals surface area contributed by atoms with Crippen molar-refractivity contribution >= 4 is 15.7 Å². The van der Waals surface area contributed by atoms with E-state index in [1.165, 1.54) is 0 Å². The lowest BCUT2D eigenvalue weighted by molar-refractivity contribution is -0.122. The van der Waals surface area contributed by atoms with Gasteiger partial charge in [-0.2, -0.15) is 4.98 Å². The van der Waals surface area contributed by atoms with Gasteiger partial charge in [0.15, 0.2) is 9.84 Å². The number of ether oxygens (including phenoxy) is 1.